The molecule has 0 radical (unpaired) electrons. The molecule has 0 saturated carbocycles. The highest BCUT2D eigenvalue weighted by Crippen LogP contribution is 2.22. The Morgan fingerprint density at radius 1 is 1.06 bits per heavy atom. The van der Waals surface area contributed by atoms with E-state index in [0.717, 1.165) is 10.6 Å². The highest BCUT2D eigenvalue weighted by atomic mass is 32.2. The lowest BCUT2D eigenvalue weighted by Crippen LogP contribution is -1.86. The minimum Gasteiger partial charge on any atom is -0.230 e. The molecule has 2 aromatic carbocycles. The fourth-order valence-electron chi connectivity index (χ4n) is 1.41. The number of hydrogen-bond acceptors (Lipinski definition) is 3. The summed E-state index contributed by atoms with van der Waals surface area (Å²) in [4.78, 5) is 5.34. The Hall–Kier alpha value is -2.05. The molecule has 2 nitrogen and oxygen atoms in total. The van der Waals surface area contributed by atoms with Crippen LogP contribution in [-0.2, 0) is 0 Å². The molecule has 0 fully saturated rings. The van der Waals surface area contributed by atoms with Gasteiger partial charge < -0.3 is 0 Å². The van der Waals surface area contributed by atoms with E-state index in [2.05, 4.69) is 11.1 Å². The van der Waals surface area contributed by atoms with Crippen molar-refractivity contribution in [2.75, 3.05) is 0 Å². The van der Waals surface area contributed by atoms with E-state index < -0.39 is 0 Å². The summed E-state index contributed by atoms with van der Waals surface area (Å²) in [6, 6.07) is 19.7. The zero-order valence-corrected chi connectivity index (χ0v) is 10.8. The Bertz CT molecular complexity index is 580. The number of benzene rings is 2. The Morgan fingerprint density at radius 3 is 2.33 bits per heavy atom. The van der Waals surface area contributed by atoms with E-state index in [1.54, 1.807) is 0 Å². The quantitative estimate of drug-likeness (QED) is 0.453. The SMILES string of the molecule is Cc1ccc(SC(C#N)=Nc2ccccc2)cc1. The van der Waals surface area contributed by atoms with Gasteiger partial charge in [-0.3, -0.25) is 0 Å². The molecule has 88 valence electrons. The van der Waals surface area contributed by atoms with Gasteiger partial charge in [0.05, 0.1) is 5.69 Å². The van der Waals surface area contributed by atoms with Crippen molar-refractivity contribution in [2.24, 2.45) is 4.99 Å². The first-order valence-electron chi connectivity index (χ1n) is 5.56. The summed E-state index contributed by atoms with van der Waals surface area (Å²) >= 11 is 1.38. The van der Waals surface area contributed by atoms with Crippen LogP contribution in [0.1, 0.15) is 5.56 Å². The van der Waals surface area contributed by atoms with Crippen molar-refractivity contribution in [2.45, 2.75) is 11.8 Å². The third kappa shape index (κ3) is 3.47. The second kappa shape index (κ2) is 6.04. The maximum atomic E-state index is 9.10. The largest absolute Gasteiger partial charge is 0.230 e. The van der Waals surface area contributed by atoms with Gasteiger partial charge in [-0.05, 0) is 31.2 Å². The first-order chi connectivity index (χ1) is 8.78. The van der Waals surface area contributed by atoms with Gasteiger partial charge in [0.25, 0.3) is 0 Å². The zero-order valence-electron chi connectivity index (χ0n) is 10.00. The predicted molar refractivity (Wildman–Crippen MR) is 76.2 cm³/mol. The second-order valence-electron chi connectivity index (χ2n) is 3.78. The summed E-state index contributed by atoms with van der Waals surface area (Å²) in [6.45, 7) is 2.04. The third-order valence-electron chi connectivity index (χ3n) is 2.32. The molecule has 0 saturated heterocycles. The third-order valence-corrected chi connectivity index (χ3v) is 3.20. The van der Waals surface area contributed by atoms with Crippen LogP contribution in [0.2, 0.25) is 0 Å². The fourth-order valence-corrected chi connectivity index (χ4v) is 2.10. The van der Waals surface area contributed by atoms with E-state index in [9.17, 15) is 0 Å². The topological polar surface area (TPSA) is 36.1 Å². The maximum Gasteiger partial charge on any atom is 0.179 e. The van der Waals surface area contributed by atoms with E-state index in [4.69, 9.17) is 5.26 Å². The second-order valence-corrected chi connectivity index (χ2v) is 4.84. The summed E-state index contributed by atoms with van der Waals surface area (Å²) in [7, 11) is 0. The van der Waals surface area contributed by atoms with Crippen LogP contribution in [0.4, 0.5) is 5.69 Å². The Labute approximate surface area is 111 Å². The molecule has 0 amide bonds. The normalized spacial score (nSPS) is 11.0. The van der Waals surface area contributed by atoms with Gasteiger partial charge in [-0.1, -0.05) is 47.7 Å². The van der Waals surface area contributed by atoms with Crippen LogP contribution in [0, 0.1) is 18.3 Å². The van der Waals surface area contributed by atoms with Crippen molar-refractivity contribution in [3.05, 3.63) is 60.2 Å². The Kier molecular flexibility index (Phi) is 4.16. The van der Waals surface area contributed by atoms with Crippen LogP contribution in [-0.4, -0.2) is 5.04 Å². The smallest absolute Gasteiger partial charge is 0.179 e. The van der Waals surface area contributed by atoms with Gasteiger partial charge in [0.1, 0.15) is 6.07 Å². The summed E-state index contributed by atoms with van der Waals surface area (Å²) < 4.78 is 0. The Balaban J connectivity index is 2.18. The van der Waals surface area contributed by atoms with E-state index >= 15 is 0 Å². The van der Waals surface area contributed by atoms with Gasteiger partial charge in [-0.25, -0.2) is 4.99 Å². The minimum absolute atomic E-state index is 0.449. The molecular weight excluding hydrogens is 240 g/mol. The van der Waals surface area contributed by atoms with Crippen molar-refractivity contribution in [1.29, 1.82) is 5.26 Å². The standard InChI is InChI=1S/C15H12N2S/c1-12-7-9-14(10-8-12)18-15(11-16)17-13-5-3-2-4-6-13/h2-10H,1H3. The van der Waals surface area contributed by atoms with E-state index in [-0.39, 0.29) is 0 Å². The van der Waals surface area contributed by atoms with Gasteiger partial charge in [-0.15, -0.1) is 0 Å². The zero-order chi connectivity index (χ0) is 12.8. The average Bonchev–Trinajstić information content (AvgIpc) is 2.41. The molecule has 0 aliphatic heterocycles. The van der Waals surface area contributed by atoms with Gasteiger partial charge in [0.15, 0.2) is 5.04 Å². The Morgan fingerprint density at radius 2 is 1.72 bits per heavy atom. The molecule has 3 heteroatoms. The number of hydrogen-bond donors (Lipinski definition) is 0. The molecule has 0 spiro atoms. The lowest BCUT2D eigenvalue weighted by Gasteiger charge is -2.00. The summed E-state index contributed by atoms with van der Waals surface area (Å²) in [6.07, 6.45) is 0. The molecule has 0 N–H and O–H groups in total. The molecular formula is C15H12N2S. The van der Waals surface area contributed by atoms with Gasteiger partial charge in [0, 0.05) is 4.90 Å². The highest BCUT2D eigenvalue weighted by Gasteiger charge is 2.01. The molecule has 0 aromatic heterocycles. The number of thioether (sulfide) groups is 1. The van der Waals surface area contributed by atoms with Crippen molar-refractivity contribution < 1.29 is 0 Å². The van der Waals surface area contributed by atoms with Gasteiger partial charge in [0.2, 0.25) is 0 Å². The molecule has 0 atom stereocenters. The fraction of sp³-hybridized carbons (Fsp3) is 0.0667. The van der Waals surface area contributed by atoms with Crippen LogP contribution in [0.5, 0.6) is 0 Å². The maximum absolute atomic E-state index is 9.10. The van der Waals surface area contributed by atoms with Crippen LogP contribution >= 0.6 is 11.8 Å². The molecule has 0 bridgehead atoms. The molecule has 2 aromatic rings. The average molecular weight is 252 g/mol. The van der Waals surface area contributed by atoms with Crippen molar-refractivity contribution in [3.8, 4) is 6.07 Å². The molecule has 2 rings (SSSR count). The van der Waals surface area contributed by atoms with Crippen molar-refractivity contribution in [1.82, 2.24) is 0 Å². The first-order valence-corrected chi connectivity index (χ1v) is 6.38. The highest BCUT2D eigenvalue weighted by molar-refractivity contribution is 8.14. The first kappa shape index (κ1) is 12.4. The number of aliphatic imine (C=N–C) groups is 1. The summed E-state index contributed by atoms with van der Waals surface area (Å²) in [5.41, 5.74) is 2.01. The van der Waals surface area contributed by atoms with Gasteiger partial charge >= 0.3 is 0 Å². The van der Waals surface area contributed by atoms with E-state index in [0.29, 0.717) is 5.04 Å². The van der Waals surface area contributed by atoms with Crippen LogP contribution < -0.4 is 0 Å². The summed E-state index contributed by atoms with van der Waals surface area (Å²) in [5.74, 6) is 0. The van der Waals surface area contributed by atoms with E-state index in [1.807, 2.05) is 61.5 Å². The van der Waals surface area contributed by atoms with Gasteiger partial charge in [-0.2, -0.15) is 5.26 Å². The predicted octanol–water partition coefficient (Wildman–Crippen LogP) is 4.34. The molecule has 0 aliphatic rings. The summed E-state index contributed by atoms with van der Waals surface area (Å²) in [5, 5.41) is 9.55. The number of rotatable bonds is 2. The molecule has 18 heavy (non-hydrogen) atoms. The van der Waals surface area contributed by atoms with Crippen LogP contribution in [0.15, 0.2) is 64.5 Å². The molecule has 0 unspecified atom stereocenters. The van der Waals surface area contributed by atoms with E-state index in [1.165, 1.54) is 17.3 Å². The van der Waals surface area contributed by atoms with Crippen molar-refractivity contribution >= 4 is 22.5 Å². The molecule has 0 aliphatic carbocycles. The van der Waals surface area contributed by atoms with Crippen molar-refractivity contribution in [3.63, 3.8) is 0 Å². The lowest BCUT2D eigenvalue weighted by molar-refractivity contribution is 1.38. The lowest BCUT2D eigenvalue weighted by atomic mass is 10.2. The number of para-hydroxylation sites is 1. The number of nitrogens with zero attached hydrogens (tertiary/aromatic N) is 2. The van der Waals surface area contributed by atoms with Crippen LogP contribution in [0.3, 0.4) is 0 Å². The van der Waals surface area contributed by atoms with Crippen LogP contribution in [0.25, 0.3) is 0 Å². The number of aryl methyl sites for hydroxylation is 1. The minimum atomic E-state index is 0.449. The number of nitriles is 1. The monoisotopic (exact) mass is 252 g/mol. The molecule has 0 heterocycles.